The van der Waals surface area contributed by atoms with E-state index in [9.17, 15) is 4.79 Å². The molecule has 0 saturated carbocycles. The molecule has 0 fully saturated rings. The quantitative estimate of drug-likeness (QED) is 0.411. The van der Waals surface area contributed by atoms with Crippen LogP contribution in [0, 0.1) is 13.8 Å². The largest absolute Gasteiger partial charge is 0.463 e. The molecule has 0 bridgehead atoms. The topological polar surface area (TPSA) is 43.4 Å². The van der Waals surface area contributed by atoms with Gasteiger partial charge in [0.25, 0.3) is 0 Å². The molecule has 0 aliphatic rings. The first-order valence-corrected chi connectivity index (χ1v) is 8.05. The van der Waals surface area contributed by atoms with Gasteiger partial charge in [-0.15, -0.1) is 0 Å². The van der Waals surface area contributed by atoms with Crippen LogP contribution in [0.25, 0.3) is 33.1 Å². The van der Waals surface area contributed by atoms with Gasteiger partial charge in [-0.05, 0) is 48.7 Å². The van der Waals surface area contributed by atoms with Crippen molar-refractivity contribution in [1.82, 2.24) is 0 Å². The molecule has 0 radical (unpaired) electrons. The Kier molecular flexibility index (Phi) is 3.16. The lowest BCUT2D eigenvalue weighted by atomic mass is 9.98. The summed E-state index contributed by atoms with van der Waals surface area (Å²) in [6, 6.07) is 11.5. The molecule has 23 heavy (non-hydrogen) atoms. The fraction of sp³-hybridized carbons (Fsp3) is 0.105. The highest BCUT2D eigenvalue weighted by molar-refractivity contribution is 9.10. The summed E-state index contributed by atoms with van der Waals surface area (Å²) in [6.45, 7) is 3.90. The Hall–Kier alpha value is -2.33. The second kappa shape index (κ2) is 5.10. The van der Waals surface area contributed by atoms with Gasteiger partial charge in [0.2, 0.25) is 0 Å². The van der Waals surface area contributed by atoms with Crippen LogP contribution >= 0.6 is 15.9 Å². The zero-order valence-electron chi connectivity index (χ0n) is 12.6. The van der Waals surface area contributed by atoms with Gasteiger partial charge in [0.1, 0.15) is 11.2 Å². The fourth-order valence-corrected chi connectivity index (χ4v) is 3.33. The molecule has 0 aliphatic carbocycles. The maximum atomic E-state index is 11.6. The van der Waals surface area contributed by atoms with Crippen molar-refractivity contribution in [2.24, 2.45) is 0 Å². The normalized spacial score (nSPS) is 11.4. The van der Waals surface area contributed by atoms with Gasteiger partial charge in [0.15, 0.2) is 0 Å². The minimum atomic E-state index is -0.339. The summed E-state index contributed by atoms with van der Waals surface area (Å²) in [6.07, 6.45) is 1.77. The van der Waals surface area contributed by atoms with Crippen molar-refractivity contribution in [3.63, 3.8) is 0 Å². The molecule has 0 N–H and O–H groups in total. The number of furan rings is 1. The summed E-state index contributed by atoms with van der Waals surface area (Å²) >= 11 is 3.46. The third kappa shape index (κ3) is 2.21. The zero-order chi connectivity index (χ0) is 16.1. The lowest BCUT2D eigenvalue weighted by Gasteiger charge is -2.06. The molecule has 2 aromatic heterocycles. The third-order valence-corrected chi connectivity index (χ3v) is 4.63. The van der Waals surface area contributed by atoms with Gasteiger partial charge in [0.05, 0.1) is 11.6 Å². The molecule has 0 amide bonds. The fourth-order valence-electron chi connectivity index (χ4n) is 3.07. The van der Waals surface area contributed by atoms with Gasteiger partial charge in [-0.1, -0.05) is 28.1 Å². The first-order chi connectivity index (χ1) is 11.0. The summed E-state index contributed by atoms with van der Waals surface area (Å²) < 4.78 is 12.3. The van der Waals surface area contributed by atoms with E-state index in [0.29, 0.717) is 5.58 Å². The summed E-state index contributed by atoms with van der Waals surface area (Å²) in [5.41, 5.74) is 5.00. The van der Waals surface area contributed by atoms with Gasteiger partial charge in [-0.25, -0.2) is 4.79 Å². The van der Waals surface area contributed by atoms with Crippen LogP contribution in [0.5, 0.6) is 0 Å². The predicted octanol–water partition coefficient (Wildman–Crippen LogP) is 5.59. The number of halogens is 1. The molecule has 0 aliphatic heterocycles. The molecule has 114 valence electrons. The molecule has 0 atom stereocenters. The molecule has 3 nitrogen and oxygen atoms in total. The van der Waals surface area contributed by atoms with Crippen molar-refractivity contribution in [1.29, 1.82) is 0 Å². The Bertz CT molecular complexity index is 1100. The van der Waals surface area contributed by atoms with Crippen LogP contribution < -0.4 is 5.63 Å². The number of hydrogen-bond donors (Lipinski definition) is 0. The van der Waals surface area contributed by atoms with Crippen molar-refractivity contribution < 1.29 is 8.83 Å². The highest BCUT2D eigenvalue weighted by Gasteiger charge is 2.16. The van der Waals surface area contributed by atoms with Crippen LogP contribution in [-0.4, -0.2) is 0 Å². The Morgan fingerprint density at radius 2 is 1.65 bits per heavy atom. The van der Waals surface area contributed by atoms with Gasteiger partial charge in [-0.2, -0.15) is 0 Å². The summed E-state index contributed by atoms with van der Waals surface area (Å²) in [4.78, 5) is 11.6. The van der Waals surface area contributed by atoms with Crippen LogP contribution in [0.15, 0.2) is 60.8 Å². The van der Waals surface area contributed by atoms with Gasteiger partial charge < -0.3 is 8.83 Å². The van der Waals surface area contributed by atoms with E-state index in [4.69, 9.17) is 8.83 Å². The molecule has 2 heterocycles. The lowest BCUT2D eigenvalue weighted by Crippen LogP contribution is -1.98. The van der Waals surface area contributed by atoms with E-state index >= 15 is 0 Å². The molecule has 0 saturated heterocycles. The van der Waals surface area contributed by atoms with Crippen LogP contribution in [-0.2, 0) is 0 Å². The standard InChI is InChI=1S/C19H13BrO3/c1-10-7-15-18(11(2)8-16(21)23-15)19-17(10)14(9-22-19)12-3-5-13(20)6-4-12/h3-9H,1-2H3. The number of benzene rings is 2. The SMILES string of the molecule is Cc1cc2oc(=O)cc(C)c2c2occ(-c3ccc(Br)cc3)c12. The van der Waals surface area contributed by atoms with E-state index in [2.05, 4.69) is 28.1 Å². The minimum Gasteiger partial charge on any atom is -0.463 e. The van der Waals surface area contributed by atoms with Crippen LogP contribution in [0.1, 0.15) is 11.1 Å². The maximum Gasteiger partial charge on any atom is 0.336 e. The summed E-state index contributed by atoms with van der Waals surface area (Å²) in [7, 11) is 0. The number of fused-ring (bicyclic) bond motifs is 3. The molecule has 0 spiro atoms. The smallest absolute Gasteiger partial charge is 0.336 e. The minimum absolute atomic E-state index is 0.339. The Labute approximate surface area is 140 Å². The summed E-state index contributed by atoms with van der Waals surface area (Å²) in [5, 5.41) is 1.91. The Balaban J connectivity index is 2.12. The van der Waals surface area contributed by atoms with Crippen LogP contribution in [0.3, 0.4) is 0 Å². The van der Waals surface area contributed by atoms with Gasteiger partial charge >= 0.3 is 5.63 Å². The van der Waals surface area contributed by atoms with Gasteiger partial charge in [-0.3, -0.25) is 0 Å². The predicted molar refractivity (Wildman–Crippen MR) is 94.9 cm³/mol. The molecule has 4 aromatic rings. The van der Waals surface area contributed by atoms with Crippen molar-refractivity contribution in [2.45, 2.75) is 13.8 Å². The van der Waals surface area contributed by atoms with Gasteiger partial charge in [0, 0.05) is 21.5 Å². The van der Waals surface area contributed by atoms with Crippen molar-refractivity contribution in [2.75, 3.05) is 0 Å². The van der Waals surface area contributed by atoms with Crippen molar-refractivity contribution in [3.8, 4) is 11.1 Å². The van der Waals surface area contributed by atoms with Crippen molar-refractivity contribution >= 4 is 37.9 Å². The van der Waals surface area contributed by atoms with E-state index in [1.54, 1.807) is 6.26 Å². The highest BCUT2D eigenvalue weighted by atomic mass is 79.9. The van der Waals surface area contributed by atoms with Crippen LogP contribution in [0.2, 0.25) is 0 Å². The summed E-state index contributed by atoms with van der Waals surface area (Å²) in [5.74, 6) is 0. The number of hydrogen-bond acceptors (Lipinski definition) is 3. The molecular weight excluding hydrogens is 356 g/mol. The molecule has 4 rings (SSSR count). The third-order valence-electron chi connectivity index (χ3n) is 4.10. The van der Waals surface area contributed by atoms with E-state index in [1.165, 1.54) is 6.07 Å². The first-order valence-electron chi connectivity index (χ1n) is 7.26. The van der Waals surface area contributed by atoms with E-state index in [0.717, 1.165) is 43.1 Å². The second-order valence-corrected chi connectivity index (χ2v) is 6.59. The second-order valence-electron chi connectivity index (χ2n) is 5.68. The monoisotopic (exact) mass is 368 g/mol. The maximum absolute atomic E-state index is 11.6. The lowest BCUT2D eigenvalue weighted by molar-refractivity contribution is 0.558. The average molecular weight is 369 g/mol. The molecular formula is C19H13BrO3. The van der Waals surface area contributed by atoms with Crippen molar-refractivity contribution in [3.05, 3.63) is 68.7 Å². The van der Waals surface area contributed by atoms with E-state index < -0.39 is 0 Å². The van der Waals surface area contributed by atoms with E-state index in [-0.39, 0.29) is 5.63 Å². The Morgan fingerprint density at radius 3 is 2.39 bits per heavy atom. The molecule has 2 aromatic carbocycles. The Morgan fingerprint density at radius 1 is 0.957 bits per heavy atom. The molecule has 0 unspecified atom stereocenters. The number of rotatable bonds is 1. The molecule has 4 heteroatoms. The average Bonchev–Trinajstić information content (AvgIpc) is 2.92. The number of aryl methyl sites for hydroxylation is 2. The zero-order valence-corrected chi connectivity index (χ0v) is 14.2. The van der Waals surface area contributed by atoms with E-state index in [1.807, 2.05) is 32.0 Å². The highest BCUT2D eigenvalue weighted by Crippen LogP contribution is 2.38. The first kappa shape index (κ1) is 14.3. The van der Waals surface area contributed by atoms with Crippen LogP contribution in [0.4, 0.5) is 0 Å².